The Bertz CT molecular complexity index is 1200. The average Bonchev–Trinajstić information content (AvgIpc) is 3.28. The Hall–Kier alpha value is -4.00. The zero-order valence-corrected chi connectivity index (χ0v) is 16.5. The summed E-state index contributed by atoms with van der Waals surface area (Å²) >= 11 is 0. The minimum atomic E-state index is -0.318. The Morgan fingerprint density at radius 3 is 2.63 bits per heavy atom. The number of rotatable bonds is 6. The van der Waals surface area contributed by atoms with E-state index in [1.54, 1.807) is 36.8 Å². The monoisotopic (exact) mass is 399 g/mol. The van der Waals surface area contributed by atoms with Gasteiger partial charge in [0.15, 0.2) is 0 Å². The standard InChI is InChI=1S/C23H21N5O2/c1-15-6-7-18(22(29)24-9-8-16-12-26-27-13-16)11-20(15)28-23(30)21-10-17-4-2-3-5-19(17)14-25-21/h2-7,10-14H,8-9H2,1H3,(H,24,29)(H,26,27)(H,28,30). The highest BCUT2D eigenvalue weighted by Crippen LogP contribution is 2.19. The van der Waals surface area contributed by atoms with E-state index in [4.69, 9.17) is 0 Å². The first kappa shape index (κ1) is 19.3. The molecule has 3 N–H and O–H groups in total. The van der Waals surface area contributed by atoms with Crippen LogP contribution in [-0.4, -0.2) is 33.5 Å². The van der Waals surface area contributed by atoms with E-state index in [0.29, 0.717) is 29.9 Å². The second-order valence-corrected chi connectivity index (χ2v) is 7.01. The van der Waals surface area contributed by atoms with Crippen molar-refractivity contribution in [3.05, 3.63) is 89.5 Å². The normalized spacial score (nSPS) is 10.7. The number of carbonyl (C=O) groups is 2. The van der Waals surface area contributed by atoms with Gasteiger partial charge in [-0.2, -0.15) is 5.10 Å². The number of aryl methyl sites for hydroxylation is 1. The van der Waals surface area contributed by atoms with E-state index in [0.717, 1.165) is 21.9 Å². The molecule has 30 heavy (non-hydrogen) atoms. The molecule has 2 heterocycles. The molecule has 0 fully saturated rings. The van der Waals surface area contributed by atoms with Gasteiger partial charge in [0.25, 0.3) is 11.8 Å². The molecule has 0 bridgehead atoms. The number of fused-ring (bicyclic) bond motifs is 1. The third kappa shape index (κ3) is 4.35. The fraction of sp³-hybridized carbons (Fsp3) is 0.130. The first-order valence-electron chi connectivity index (χ1n) is 9.63. The first-order valence-corrected chi connectivity index (χ1v) is 9.63. The van der Waals surface area contributed by atoms with Crippen molar-refractivity contribution < 1.29 is 9.59 Å². The minimum Gasteiger partial charge on any atom is -0.352 e. The number of pyridine rings is 1. The molecule has 0 saturated heterocycles. The number of nitrogens with zero attached hydrogens (tertiary/aromatic N) is 2. The second kappa shape index (κ2) is 8.57. The van der Waals surface area contributed by atoms with Crippen molar-refractivity contribution in [2.45, 2.75) is 13.3 Å². The summed E-state index contributed by atoms with van der Waals surface area (Å²) in [5, 5.41) is 14.3. The SMILES string of the molecule is Cc1ccc(C(=O)NCCc2cn[nH]c2)cc1NC(=O)c1cc2ccccc2cn1. The maximum Gasteiger partial charge on any atom is 0.274 e. The molecule has 0 saturated carbocycles. The molecule has 7 nitrogen and oxygen atoms in total. The maximum absolute atomic E-state index is 12.7. The lowest BCUT2D eigenvalue weighted by molar-refractivity contribution is 0.0952. The quantitative estimate of drug-likeness (QED) is 0.462. The molecule has 0 unspecified atom stereocenters. The number of aromatic amines is 1. The summed E-state index contributed by atoms with van der Waals surface area (Å²) in [4.78, 5) is 29.4. The summed E-state index contributed by atoms with van der Waals surface area (Å²) < 4.78 is 0. The molecule has 7 heteroatoms. The Morgan fingerprint density at radius 1 is 1.00 bits per heavy atom. The van der Waals surface area contributed by atoms with Gasteiger partial charge in [-0.05, 0) is 48.1 Å². The molecular formula is C23H21N5O2. The van der Waals surface area contributed by atoms with Gasteiger partial charge < -0.3 is 10.6 Å². The highest BCUT2D eigenvalue weighted by molar-refractivity contribution is 6.06. The van der Waals surface area contributed by atoms with Gasteiger partial charge >= 0.3 is 0 Å². The number of H-pyrrole nitrogens is 1. The second-order valence-electron chi connectivity index (χ2n) is 7.01. The van der Waals surface area contributed by atoms with Crippen molar-refractivity contribution >= 4 is 28.3 Å². The predicted molar refractivity (Wildman–Crippen MR) is 116 cm³/mol. The van der Waals surface area contributed by atoms with Crippen molar-refractivity contribution in [3.63, 3.8) is 0 Å². The van der Waals surface area contributed by atoms with Crippen LogP contribution in [0.3, 0.4) is 0 Å². The summed E-state index contributed by atoms with van der Waals surface area (Å²) in [7, 11) is 0. The number of amides is 2. The lowest BCUT2D eigenvalue weighted by Crippen LogP contribution is -2.26. The molecule has 2 aromatic carbocycles. The Labute approximate surface area is 173 Å². The van der Waals surface area contributed by atoms with Gasteiger partial charge in [-0.1, -0.05) is 30.3 Å². The number of aromatic nitrogens is 3. The number of hydrogen-bond acceptors (Lipinski definition) is 4. The summed E-state index contributed by atoms with van der Waals surface area (Å²) in [6.45, 7) is 2.37. The fourth-order valence-electron chi connectivity index (χ4n) is 3.13. The molecule has 0 aliphatic heterocycles. The van der Waals surface area contributed by atoms with Gasteiger partial charge in [0.05, 0.1) is 6.20 Å². The molecule has 2 aromatic heterocycles. The van der Waals surface area contributed by atoms with Crippen molar-refractivity contribution in [2.24, 2.45) is 0 Å². The van der Waals surface area contributed by atoms with E-state index in [1.807, 2.05) is 37.3 Å². The molecule has 2 amide bonds. The Kier molecular flexibility index (Phi) is 5.52. The molecule has 0 aliphatic carbocycles. The van der Waals surface area contributed by atoms with E-state index < -0.39 is 0 Å². The van der Waals surface area contributed by atoms with Crippen LogP contribution in [-0.2, 0) is 6.42 Å². The predicted octanol–water partition coefficient (Wildman–Crippen LogP) is 3.49. The zero-order valence-electron chi connectivity index (χ0n) is 16.5. The number of anilines is 1. The Balaban J connectivity index is 1.45. The van der Waals surface area contributed by atoms with Crippen molar-refractivity contribution in [1.82, 2.24) is 20.5 Å². The average molecular weight is 399 g/mol. The van der Waals surface area contributed by atoms with Gasteiger partial charge in [0.1, 0.15) is 5.69 Å². The lowest BCUT2D eigenvalue weighted by atomic mass is 10.1. The van der Waals surface area contributed by atoms with Crippen molar-refractivity contribution in [3.8, 4) is 0 Å². The van der Waals surface area contributed by atoms with E-state index in [1.165, 1.54) is 0 Å². The van der Waals surface area contributed by atoms with Gasteiger partial charge in [0.2, 0.25) is 0 Å². The van der Waals surface area contributed by atoms with Crippen LogP contribution in [0.15, 0.2) is 67.1 Å². The van der Waals surface area contributed by atoms with Crippen LogP contribution >= 0.6 is 0 Å². The van der Waals surface area contributed by atoms with Crippen LogP contribution in [0.25, 0.3) is 10.8 Å². The number of benzene rings is 2. The van der Waals surface area contributed by atoms with Crippen LogP contribution in [0.5, 0.6) is 0 Å². The Morgan fingerprint density at radius 2 is 1.83 bits per heavy atom. The van der Waals surface area contributed by atoms with E-state index in [-0.39, 0.29) is 11.8 Å². The first-order chi connectivity index (χ1) is 14.6. The fourth-order valence-corrected chi connectivity index (χ4v) is 3.13. The number of carbonyl (C=O) groups excluding carboxylic acids is 2. The van der Waals surface area contributed by atoms with Crippen LogP contribution < -0.4 is 10.6 Å². The smallest absolute Gasteiger partial charge is 0.274 e. The molecule has 0 atom stereocenters. The molecule has 150 valence electrons. The summed E-state index contributed by atoms with van der Waals surface area (Å²) in [5.74, 6) is -0.515. The topological polar surface area (TPSA) is 99.8 Å². The van der Waals surface area contributed by atoms with Crippen LogP contribution in [0, 0.1) is 6.92 Å². The molecule has 0 spiro atoms. The van der Waals surface area contributed by atoms with Crippen molar-refractivity contribution in [1.29, 1.82) is 0 Å². The van der Waals surface area contributed by atoms with Gasteiger partial charge in [-0.25, -0.2) is 0 Å². The van der Waals surface area contributed by atoms with Crippen LogP contribution in [0.1, 0.15) is 32.0 Å². The molecule has 4 aromatic rings. The minimum absolute atomic E-state index is 0.196. The summed E-state index contributed by atoms with van der Waals surface area (Å²) in [6.07, 6.45) is 5.89. The van der Waals surface area contributed by atoms with E-state index in [9.17, 15) is 9.59 Å². The maximum atomic E-state index is 12.7. The third-order valence-corrected chi connectivity index (χ3v) is 4.87. The third-order valence-electron chi connectivity index (χ3n) is 4.87. The van der Waals surface area contributed by atoms with Crippen LogP contribution in [0.2, 0.25) is 0 Å². The largest absolute Gasteiger partial charge is 0.352 e. The summed E-state index contributed by atoms with van der Waals surface area (Å²) in [5.41, 5.74) is 3.27. The van der Waals surface area contributed by atoms with Gasteiger partial charge in [-0.15, -0.1) is 0 Å². The summed E-state index contributed by atoms with van der Waals surface area (Å²) in [6, 6.07) is 14.7. The lowest BCUT2D eigenvalue weighted by Gasteiger charge is -2.11. The molecule has 4 rings (SSSR count). The van der Waals surface area contributed by atoms with Gasteiger partial charge in [-0.3, -0.25) is 19.7 Å². The van der Waals surface area contributed by atoms with Crippen molar-refractivity contribution in [2.75, 3.05) is 11.9 Å². The number of nitrogens with one attached hydrogen (secondary N) is 3. The molecule has 0 aliphatic rings. The zero-order chi connectivity index (χ0) is 20.9. The van der Waals surface area contributed by atoms with Crippen LogP contribution in [0.4, 0.5) is 5.69 Å². The van der Waals surface area contributed by atoms with Gasteiger partial charge in [0, 0.05) is 35.6 Å². The molecular weight excluding hydrogens is 378 g/mol. The molecule has 0 radical (unpaired) electrons. The highest BCUT2D eigenvalue weighted by atomic mass is 16.2. The van der Waals surface area contributed by atoms with E-state index in [2.05, 4.69) is 25.8 Å². The van der Waals surface area contributed by atoms with E-state index >= 15 is 0 Å². The highest BCUT2D eigenvalue weighted by Gasteiger charge is 2.13. The number of hydrogen-bond donors (Lipinski definition) is 3.